The Balaban J connectivity index is 2.19. The second kappa shape index (κ2) is 8.72. The summed E-state index contributed by atoms with van der Waals surface area (Å²) in [6, 6.07) is 7.52. The SMILES string of the molecule is CNC(=O)NC(=O)C(OC(=O)c1csc(NC(C)=O)n1)c1ccccc1. The number of amides is 4. The first kappa shape index (κ1) is 19.1. The van der Waals surface area contributed by atoms with Crippen LogP contribution in [-0.4, -0.2) is 35.8 Å². The number of rotatable bonds is 5. The van der Waals surface area contributed by atoms with E-state index in [-0.39, 0.29) is 16.7 Å². The van der Waals surface area contributed by atoms with Gasteiger partial charge in [0.05, 0.1) is 0 Å². The highest BCUT2D eigenvalue weighted by Crippen LogP contribution is 2.22. The van der Waals surface area contributed by atoms with Crippen molar-refractivity contribution in [3.63, 3.8) is 0 Å². The summed E-state index contributed by atoms with van der Waals surface area (Å²) in [7, 11) is 1.35. The molecule has 0 spiro atoms. The summed E-state index contributed by atoms with van der Waals surface area (Å²) in [5.74, 6) is -1.99. The molecule has 1 heterocycles. The average molecular weight is 376 g/mol. The summed E-state index contributed by atoms with van der Waals surface area (Å²) < 4.78 is 5.25. The number of urea groups is 1. The number of nitrogens with zero attached hydrogens (tertiary/aromatic N) is 1. The number of esters is 1. The van der Waals surface area contributed by atoms with Gasteiger partial charge in [0.25, 0.3) is 5.91 Å². The standard InChI is InChI=1S/C16H16N4O5S/c1-9(21)18-16-19-11(8-26-16)14(23)25-12(10-6-4-3-5-7-10)13(22)20-15(24)17-2/h3-8,12H,1-2H3,(H,18,19,21)(H2,17,20,22,24). The van der Waals surface area contributed by atoms with Crippen LogP contribution in [0.5, 0.6) is 0 Å². The van der Waals surface area contributed by atoms with E-state index < -0.39 is 24.0 Å². The number of hydrogen-bond donors (Lipinski definition) is 3. The smallest absolute Gasteiger partial charge is 0.359 e. The molecule has 0 aliphatic rings. The summed E-state index contributed by atoms with van der Waals surface area (Å²) in [6.45, 7) is 1.31. The van der Waals surface area contributed by atoms with E-state index in [1.807, 2.05) is 0 Å². The highest BCUT2D eigenvalue weighted by atomic mass is 32.1. The molecular formula is C16H16N4O5S. The topological polar surface area (TPSA) is 126 Å². The van der Waals surface area contributed by atoms with Crippen LogP contribution in [0.3, 0.4) is 0 Å². The second-order valence-corrected chi connectivity index (χ2v) is 5.84. The summed E-state index contributed by atoms with van der Waals surface area (Å²) in [4.78, 5) is 51.0. The van der Waals surface area contributed by atoms with Gasteiger partial charge in [-0.15, -0.1) is 11.3 Å². The third-order valence-electron chi connectivity index (χ3n) is 3.03. The first-order chi connectivity index (χ1) is 12.4. The van der Waals surface area contributed by atoms with E-state index in [2.05, 4.69) is 20.9 Å². The molecule has 0 bridgehead atoms. The normalized spacial score (nSPS) is 11.2. The van der Waals surface area contributed by atoms with Crippen LogP contribution in [0.25, 0.3) is 0 Å². The third-order valence-corrected chi connectivity index (χ3v) is 3.78. The number of nitrogens with one attached hydrogen (secondary N) is 3. The molecule has 26 heavy (non-hydrogen) atoms. The molecule has 3 N–H and O–H groups in total. The van der Waals surface area contributed by atoms with Crippen molar-refractivity contribution in [2.45, 2.75) is 13.0 Å². The van der Waals surface area contributed by atoms with Crippen LogP contribution in [0.1, 0.15) is 29.1 Å². The van der Waals surface area contributed by atoms with Gasteiger partial charge in [0.2, 0.25) is 12.0 Å². The molecule has 136 valence electrons. The minimum atomic E-state index is -1.34. The van der Waals surface area contributed by atoms with Crippen LogP contribution < -0.4 is 16.0 Å². The fourth-order valence-electron chi connectivity index (χ4n) is 1.88. The molecule has 2 rings (SSSR count). The van der Waals surface area contributed by atoms with Gasteiger partial charge in [-0.1, -0.05) is 30.3 Å². The molecule has 1 aromatic carbocycles. The van der Waals surface area contributed by atoms with Crippen molar-refractivity contribution in [1.82, 2.24) is 15.6 Å². The molecule has 1 atom stereocenters. The van der Waals surface area contributed by atoms with E-state index >= 15 is 0 Å². The monoisotopic (exact) mass is 376 g/mol. The number of aromatic nitrogens is 1. The summed E-state index contributed by atoms with van der Waals surface area (Å²) in [5.41, 5.74) is 0.326. The maximum absolute atomic E-state index is 12.3. The van der Waals surface area contributed by atoms with Crippen molar-refractivity contribution < 1.29 is 23.9 Å². The summed E-state index contributed by atoms with van der Waals surface area (Å²) in [5, 5.41) is 8.40. The molecule has 4 amide bonds. The number of ether oxygens (including phenoxy) is 1. The van der Waals surface area contributed by atoms with Crippen LogP contribution >= 0.6 is 11.3 Å². The predicted molar refractivity (Wildman–Crippen MR) is 93.6 cm³/mol. The molecule has 9 nitrogen and oxygen atoms in total. The van der Waals surface area contributed by atoms with Gasteiger partial charge in [0.1, 0.15) is 0 Å². The number of carbonyl (C=O) groups is 4. The Hall–Kier alpha value is -3.27. The van der Waals surface area contributed by atoms with Gasteiger partial charge in [0.15, 0.2) is 10.8 Å². The Labute approximate surface area is 152 Å². The lowest BCUT2D eigenvalue weighted by Gasteiger charge is -2.16. The van der Waals surface area contributed by atoms with Crippen LogP contribution in [0.2, 0.25) is 0 Å². The quantitative estimate of drug-likeness (QED) is 0.678. The summed E-state index contributed by atoms with van der Waals surface area (Å²) in [6.07, 6.45) is -1.34. The zero-order valence-corrected chi connectivity index (χ0v) is 14.8. The van der Waals surface area contributed by atoms with Gasteiger partial charge in [-0.25, -0.2) is 14.6 Å². The minimum absolute atomic E-state index is 0.0626. The van der Waals surface area contributed by atoms with E-state index in [9.17, 15) is 19.2 Å². The Morgan fingerprint density at radius 1 is 1.15 bits per heavy atom. The number of imide groups is 1. The maximum Gasteiger partial charge on any atom is 0.359 e. The Kier molecular flexibility index (Phi) is 6.39. The zero-order valence-electron chi connectivity index (χ0n) is 13.9. The van der Waals surface area contributed by atoms with Crippen LogP contribution in [-0.2, 0) is 14.3 Å². The Morgan fingerprint density at radius 3 is 2.46 bits per heavy atom. The number of thiazole rings is 1. The van der Waals surface area contributed by atoms with E-state index in [0.29, 0.717) is 5.56 Å². The highest BCUT2D eigenvalue weighted by molar-refractivity contribution is 7.14. The third kappa shape index (κ3) is 5.11. The predicted octanol–water partition coefficient (Wildman–Crippen LogP) is 1.46. The van der Waals surface area contributed by atoms with Gasteiger partial charge >= 0.3 is 12.0 Å². The second-order valence-electron chi connectivity index (χ2n) is 4.98. The van der Waals surface area contributed by atoms with E-state index in [1.165, 1.54) is 19.4 Å². The molecule has 0 aliphatic heterocycles. The molecule has 0 saturated heterocycles. The van der Waals surface area contributed by atoms with Gasteiger partial charge < -0.3 is 15.4 Å². The van der Waals surface area contributed by atoms with Gasteiger partial charge in [-0.2, -0.15) is 0 Å². The van der Waals surface area contributed by atoms with E-state index in [4.69, 9.17) is 4.74 Å². The molecular weight excluding hydrogens is 360 g/mol. The lowest BCUT2D eigenvalue weighted by Crippen LogP contribution is -2.41. The van der Waals surface area contributed by atoms with Crippen molar-refractivity contribution in [2.24, 2.45) is 0 Å². The van der Waals surface area contributed by atoms with Crippen molar-refractivity contribution >= 4 is 40.3 Å². The summed E-state index contributed by atoms with van der Waals surface area (Å²) >= 11 is 1.04. The highest BCUT2D eigenvalue weighted by Gasteiger charge is 2.27. The Morgan fingerprint density at radius 2 is 1.85 bits per heavy atom. The van der Waals surface area contributed by atoms with Crippen molar-refractivity contribution in [3.8, 4) is 0 Å². The number of benzene rings is 1. The molecule has 0 radical (unpaired) electrons. The van der Waals surface area contributed by atoms with E-state index in [0.717, 1.165) is 11.3 Å². The van der Waals surface area contributed by atoms with Crippen molar-refractivity contribution in [3.05, 3.63) is 47.0 Å². The molecule has 10 heteroatoms. The lowest BCUT2D eigenvalue weighted by atomic mass is 10.1. The molecule has 0 fully saturated rings. The number of carbonyl (C=O) groups excluding carboxylic acids is 4. The van der Waals surface area contributed by atoms with Gasteiger partial charge in [-0.05, 0) is 0 Å². The maximum atomic E-state index is 12.3. The van der Waals surface area contributed by atoms with Gasteiger partial charge in [0, 0.05) is 24.9 Å². The zero-order chi connectivity index (χ0) is 19.1. The van der Waals surface area contributed by atoms with Crippen LogP contribution in [0.4, 0.5) is 9.93 Å². The van der Waals surface area contributed by atoms with Gasteiger partial charge in [-0.3, -0.25) is 14.9 Å². The molecule has 0 aliphatic carbocycles. The largest absolute Gasteiger partial charge is 0.443 e. The van der Waals surface area contributed by atoms with Crippen molar-refractivity contribution in [1.29, 1.82) is 0 Å². The number of anilines is 1. The fourth-order valence-corrected chi connectivity index (χ4v) is 2.61. The average Bonchev–Trinajstić information content (AvgIpc) is 3.07. The molecule has 0 saturated carbocycles. The Bertz CT molecular complexity index is 821. The van der Waals surface area contributed by atoms with Crippen LogP contribution in [0, 0.1) is 0 Å². The molecule has 2 aromatic rings. The van der Waals surface area contributed by atoms with E-state index in [1.54, 1.807) is 30.3 Å². The minimum Gasteiger partial charge on any atom is -0.443 e. The fraction of sp³-hybridized carbons (Fsp3) is 0.188. The van der Waals surface area contributed by atoms with Crippen molar-refractivity contribution in [2.75, 3.05) is 12.4 Å². The van der Waals surface area contributed by atoms with Crippen LogP contribution in [0.15, 0.2) is 35.7 Å². The molecule has 1 unspecified atom stereocenters. The molecule has 1 aromatic heterocycles. The first-order valence-corrected chi connectivity index (χ1v) is 8.30. The first-order valence-electron chi connectivity index (χ1n) is 7.42. The number of hydrogen-bond acceptors (Lipinski definition) is 7. The lowest BCUT2D eigenvalue weighted by molar-refractivity contribution is -0.129.